The summed E-state index contributed by atoms with van der Waals surface area (Å²) in [4.78, 5) is 23.8. The predicted molar refractivity (Wildman–Crippen MR) is 126 cm³/mol. The standard InChI is InChI=1S/C24H19Cl2F9N2O2/c1-11(36-20(38)10-23(30,31)32)37-21(39)14-5-3-13(7-16(14)24(33,34)35)19(27)9-15(22(2,28)29)12-4-6-17(25)18(26)8-12/h3-9,11,15H,10H2,1-2H3,(H,36,38)(H,37,39)/b19-9-. The average Bonchev–Trinajstić information content (AvgIpc) is 2.76. The number of amides is 2. The zero-order chi connectivity index (χ0) is 29.9. The van der Waals surface area contributed by atoms with Crippen LogP contribution < -0.4 is 10.6 Å². The molecule has 0 saturated heterocycles. The summed E-state index contributed by atoms with van der Waals surface area (Å²) in [6.07, 6.45) is -13.1. The first-order valence-electron chi connectivity index (χ1n) is 10.8. The molecule has 4 nitrogen and oxygen atoms in total. The van der Waals surface area contributed by atoms with Gasteiger partial charge in [-0.05, 0) is 42.8 Å². The number of benzene rings is 2. The molecule has 2 N–H and O–H groups in total. The van der Waals surface area contributed by atoms with Crippen molar-refractivity contribution in [2.75, 3.05) is 0 Å². The highest BCUT2D eigenvalue weighted by atomic mass is 35.5. The van der Waals surface area contributed by atoms with Crippen molar-refractivity contribution in [3.05, 3.63) is 74.8 Å². The van der Waals surface area contributed by atoms with Crippen molar-refractivity contribution >= 4 is 40.8 Å². The number of hydrogen-bond donors (Lipinski definition) is 2. The molecule has 2 aromatic rings. The van der Waals surface area contributed by atoms with E-state index < -0.39 is 71.1 Å². The second kappa shape index (κ2) is 12.1. The first kappa shape index (κ1) is 32.3. The lowest BCUT2D eigenvalue weighted by atomic mass is 9.91. The topological polar surface area (TPSA) is 58.2 Å². The lowest BCUT2D eigenvalue weighted by Gasteiger charge is -2.22. The Morgan fingerprint density at radius 3 is 2.05 bits per heavy atom. The summed E-state index contributed by atoms with van der Waals surface area (Å²) < 4.78 is 122. The molecule has 0 spiro atoms. The summed E-state index contributed by atoms with van der Waals surface area (Å²) in [5.74, 6) is -10.0. The number of rotatable bonds is 8. The van der Waals surface area contributed by atoms with E-state index in [0.29, 0.717) is 19.1 Å². The Labute approximate surface area is 226 Å². The van der Waals surface area contributed by atoms with E-state index in [1.807, 2.05) is 5.32 Å². The Bertz CT molecular complexity index is 1260. The van der Waals surface area contributed by atoms with Crippen LogP contribution in [-0.4, -0.2) is 30.1 Å². The summed E-state index contributed by atoms with van der Waals surface area (Å²) in [7, 11) is 0. The molecule has 0 radical (unpaired) electrons. The quantitative estimate of drug-likeness (QED) is 0.236. The fourth-order valence-corrected chi connectivity index (χ4v) is 3.70. The van der Waals surface area contributed by atoms with E-state index in [4.69, 9.17) is 23.2 Å². The van der Waals surface area contributed by atoms with Crippen LogP contribution in [0.5, 0.6) is 0 Å². The molecular weight excluding hydrogens is 590 g/mol. The molecule has 0 aliphatic carbocycles. The molecule has 15 heteroatoms. The minimum atomic E-state index is -5.23. The number of alkyl halides is 8. The fraction of sp³-hybridized carbons (Fsp3) is 0.333. The lowest BCUT2D eigenvalue weighted by molar-refractivity contribution is -0.154. The van der Waals surface area contributed by atoms with Crippen molar-refractivity contribution in [3.8, 4) is 0 Å². The first-order valence-corrected chi connectivity index (χ1v) is 11.5. The molecule has 0 aromatic heterocycles. The summed E-state index contributed by atoms with van der Waals surface area (Å²) in [6, 6.07) is 4.88. The van der Waals surface area contributed by atoms with Crippen LogP contribution in [0.1, 0.15) is 53.2 Å². The normalized spacial score (nSPS) is 14.5. The van der Waals surface area contributed by atoms with Crippen LogP contribution in [0.4, 0.5) is 39.5 Å². The zero-order valence-electron chi connectivity index (χ0n) is 19.9. The van der Waals surface area contributed by atoms with Gasteiger partial charge < -0.3 is 10.6 Å². The predicted octanol–water partition coefficient (Wildman–Crippen LogP) is 7.91. The van der Waals surface area contributed by atoms with Crippen LogP contribution in [0.2, 0.25) is 10.0 Å². The molecule has 0 aliphatic heterocycles. The van der Waals surface area contributed by atoms with E-state index in [2.05, 4.69) is 0 Å². The molecule has 2 unspecified atom stereocenters. The molecule has 0 aliphatic rings. The van der Waals surface area contributed by atoms with E-state index in [1.165, 1.54) is 6.07 Å². The SMILES string of the molecule is CC(NC(=O)CC(F)(F)F)NC(=O)c1ccc(/C(F)=C/C(c2ccc(Cl)c(Cl)c2)C(C)(F)F)cc1C(F)(F)F. The van der Waals surface area contributed by atoms with Gasteiger partial charge in [0, 0.05) is 12.5 Å². The van der Waals surface area contributed by atoms with Crippen LogP contribution in [0.3, 0.4) is 0 Å². The number of allylic oxidation sites excluding steroid dienone is 1. The van der Waals surface area contributed by atoms with Gasteiger partial charge >= 0.3 is 12.4 Å². The third kappa shape index (κ3) is 9.34. The minimum Gasteiger partial charge on any atom is -0.336 e. The average molecular weight is 609 g/mol. The van der Waals surface area contributed by atoms with Gasteiger partial charge in [-0.25, -0.2) is 13.2 Å². The molecule has 2 rings (SSSR count). The van der Waals surface area contributed by atoms with Crippen molar-refractivity contribution in [2.24, 2.45) is 0 Å². The number of carbonyl (C=O) groups excluding carboxylic acids is 2. The molecule has 214 valence electrons. The van der Waals surface area contributed by atoms with Gasteiger partial charge in [0.05, 0.1) is 33.3 Å². The second-order valence-corrected chi connectivity index (χ2v) is 9.25. The maximum atomic E-state index is 15.0. The molecule has 2 aromatic carbocycles. The van der Waals surface area contributed by atoms with E-state index in [0.717, 1.165) is 25.1 Å². The van der Waals surface area contributed by atoms with Crippen molar-refractivity contribution in [1.82, 2.24) is 10.6 Å². The van der Waals surface area contributed by atoms with Crippen LogP contribution in [0, 0.1) is 0 Å². The highest BCUT2D eigenvalue weighted by Gasteiger charge is 2.38. The summed E-state index contributed by atoms with van der Waals surface area (Å²) in [6.45, 7) is 1.47. The smallest absolute Gasteiger partial charge is 0.336 e. The van der Waals surface area contributed by atoms with Crippen LogP contribution in [-0.2, 0) is 11.0 Å². The molecule has 0 fully saturated rings. The third-order valence-electron chi connectivity index (χ3n) is 5.09. The Balaban J connectivity index is 2.40. The first-order chi connectivity index (χ1) is 17.7. The van der Waals surface area contributed by atoms with Gasteiger partial charge in [0.1, 0.15) is 12.2 Å². The Kier molecular flexibility index (Phi) is 9.99. The summed E-state index contributed by atoms with van der Waals surface area (Å²) >= 11 is 11.6. The Hall–Kier alpha value is -2.93. The van der Waals surface area contributed by atoms with Crippen molar-refractivity contribution in [2.45, 2.75) is 50.6 Å². The van der Waals surface area contributed by atoms with Gasteiger partial charge in [0.15, 0.2) is 0 Å². The maximum Gasteiger partial charge on any atom is 0.417 e. The molecule has 2 atom stereocenters. The van der Waals surface area contributed by atoms with Gasteiger partial charge in [0.2, 0.25) is 5.91 Å². The van der Waals surface area contributed by atoms with E-state index >= 15 is 4.39 Å². The molecule has 0 bridgehead atoms. The second-order valence-electron chi connectivity index (χ2n) is 8.43. The zero-order valence-corrected chi connectivity index (χ0v) is 21.4. The van der Waals surface area contributed by atoms with Gasteiger partial charge in [0.25, 0.3) is 11.8 Å². The van der Waals surface area contributed by atoms with Crippen LogP contribution in [0.25, 0.3) is 5.83 Å². The van der Waals surface area contributed by atoms with Crippen molar-refractivity contribution in [3.63, 3.8) is 0 Å². The lowest BCUT2D eigenvalue weighted by Crippen LogP contribution is -2.47. The number of nitrogens with one attached hydrogen (secondary N) is 2. The van der Waals surface area contributed by atoms with Gasteiger partial charge in [-0.1, -0.05) is 35.3 Å². The molecule has 2 amide bonds. The largest absolute Gasteiger partial charge is 0.417 e. The van der Waals surface area contributed by atoms with Crippen molar-refractivity contribution in [1.29, 1.82) is 0 Å². The monoisotopic (exact) mass is 608 g/mol. The molecular formula is C24H19Cl2F9N2O2. The number of carbonyl (C=O) groups is 2. The van der Waals surface area contributed by atoms with Crippen LogP contribution >= 0.6 is 23.2 Å². The summed E-state index contributed by atoms with van der Waals surface area (Å²) in [5, 5.41) is 3.56. The minimum absolute atomic E-state index is 0.0287. The maximum absolute atomic E-state index is 15.0. The Morgan fingerprint density at radius 2 is 1.54 bits per heavy atom. The third-order valence-corrected chi connectivity index (χ3v) is 5.83. The highest BCUT2D eigenvalue weighted by molar-refractivity contribution is 6.42. The van der Waals surface area contributed by atoms with Gasteiger partial charge in [-0.15, -0.1) is 0 Å². The van der Waals surface area contributed by atoms with Crippen LogP contribution in [0.15, 0.2) is 42.5 Å². The van der Waals surface area contributed by atoms with E-state index in [-0.39, 0.29) is 21.7 Å². The van der Waals surface area contributed by atoms with E-state index in [1.54, 1.807) is 5.32 Å². The molecule has 39 heavy (non-hydrogen) atoms. The fourth-order valence-electron chi connectivity index (χ4n) is 3.39. The molecule has 0 saturated carbocycles. The Morgan fingerprint density at radius 1 is 0.923 bits per heavy atom. The summed E-state index contributed by atoms with van der Waals surface area (Å²) in [5.41, 5.74) is -3.69. The van der Waals surface area contributed by atoms with Gasteiger partial charge in [-0.2, -0.15) is 26.3 Å². The van der Waals surface area contributed by atoms with E-state index in [9.17, 15) is 44.7 Å². The highest BCUT2D eigenvalue weighted by Crippen LogP contribution is 2.40. The number of hydrogen-bond acceptors (Lipinski definition) is 2. The van der Waals surface area contributed by atoms with Crippen molar-refractivity contribution < 1.29 is 49.1 Å². The van der Waals surface area contributed by atoms with Gasteiger partial charge in [-0.3, -0.25) is 9.59 Å². The number of halogens is 11. The molecule has 0 heterocycles.